The summed E-state index contributed by atoms with van der Waals surface area (Å²) in [6, 6.07) is 22.8. The number of nitrogens with one attached hydrogen (secondary N) is 1. The largest absolute Gasteiger partial charge is 0.378 e. The van der Waals surface area contributed by atoms with Crippen LogP contribution in [-0.4, -0.2) is 25.8 Å². The molecule has 6 heteroatoms. The van der Waals surface area contributed by atoms with Gasteiger partial charge in [0.2, 0.25) is 5.91 Å². The average Bonchev–Trinajstić information content (AvgIpc) is 2.99. The lowest BCUT2D eigenvalue weighted by molar-refractivity contribution is -0.119. The quantitative estimate of drug-likeness (QED) is 0.417. The van der Waals surface area contributed by atoms with Gasteiger partial charge in [0.25, 0.3) is 0 Å². The Hall–Kier alpha value is -3.57. The van der Waals surface area contributed by atoms with Gasteiger partial charge in [-0.15, -0.1) is 0 Å². The Balaban J connectivity index is 1.70. The summed E-state index contributed by atoms with van der Waals surface area (Å²) in [7, 11) is 3.99. The number of rotatable bonds is 4. The van der Waals surface area contributed by atoms with Gasteiger partial charge in [-0.25, -0.2) is 0 Å². The Morgan fingerprint density at radius 3 is 2.35 bits per heavy atom. The van der Waals surface area contributed by atoms with Crippen LogP contribution in [0.4, 0.5) is 17.1 Å². The summed E-state index contributed by atoms with van der Waals surface area (Å²) in [5.74, 6) is 0.00202. The van der Waals surface area contributed by atoms with Crippen LogP contribution in [0.3, 0.4) is 0 Å². The molecule has 3 aromatic rings. The fraction of sp³-hybridized carbons (Fsp3) is 0.290. The minimum Gasteiger partial charge on any atom is -0.378 e. The number of carbonyl (C=O) groups is 2. The molecule has 5 rings (SSSR count). The number of Topliss-reactive ketones (excluding diaryl/α,β-unsaturated/α-hetero) is 1. The molecule has 0 spiro atoms. The second kappa shape index (κ2) is 9.71. The topological polar surface area (TPSA) is 52.7 Å². The van der Waals surface area contributed by atoms with Crippen molar-refractivity contribution in [1.82, 2.24) is 0 Å². The molecule has 1 N–H and O–H groups in total. The first-order valence-electron chi connectivity index (χ1n) is 12.6. The average molecular weight is 514 g/mol. The molecular weight excluding hydrogens is 482 g/mol. The highest BCUT2D eigenvalue weighted by atomic mass is 35.5. The molecule has 0 radical (unpaired) electrons. The van der Waals surface area contributed by atoms with Gasteiger partial charge in [0.05, 0.1) is 23.8 Å². The third-order valence-corrected chi connectivity index (χ3v) is 7.42. The lowest BCUT2D eigenvalue weighted by Crippen LogP contribution is -2.40. The summed E-state index contributed by atoms with van der Waals surface area (Å²) < 4.78 is 0. The van der Waals surface area contributed by atoms with E-state index in [1.807, 2.05) is 84.6 Å². The fourth-order valence-corrected chi connectivity index (χ4v) is 5.52. The minimum atomic E-state index is -0.536. The number of benzene rings is 3. The Bertz CT molecular complexity index is 1370. The number of hydrogen-bond donors (Lipinski definition) is 1. The van der Waals surface area contributed by atoms with Crippen LogP contribution in [0, 0.1) is 5.41 Å². The molecule has 1 heterocycles. The molecule has 0 saturated carbocycles. The van der Waals surface area contributed by atoms with E-state index >= 15 is 0 Å². The van der Waals surface area contributed by atoms with E-state index in [1.165, 1.54) is 0 Å². The number of amides is 1. The van der Waals surface area contributed by atoms with Crippen LogP contribution in [-0.2, 0) is 16.0 Å². The first kappa shape index (κ1) is 25.1. The van der Waals surface area contributed by atoms with Crippen LogP contribution in [0.15, 0.2) is 84.1 Å². The van der Waals surface area contributed by atoms with Crippen molar-refractivity contribution >= 4 is 40.4 Å². The Labute approximate surface area is 223 Å². The molecule has 3 aromatic carbocycles. The second-order valence-corrected chi connectivity index (χ2v) is 11.4. The number of carbonyl (C=O) groups excluding carboxylic acids is 2. The maximum Gasteiger partial charge on any atom is 0.232 e. The van der Waals surface area contributed by atoms with Gasteiger partial charge in [0, 0.05) is 42.5 Å². The van der Waals surface area contributed by atoms with Crippen molar-refractivity contribution < 1.29 is 9.59 Å². The Morgan fingerprint density at radius 1 is 1.00 bits per heavy atom. The van der Waals surface area contributed by atoms with Crippen molar-refractivity contribution in [2.45, 2.75) is 39.2 Å². The summed E-state index contributed by atoms with van der Waals surface area (Å²) >= 11 is 6.09. The SMILES string of the molecule is CN(C)c1ccc([C@@H]2C3=C(CC(C)(C)CC3=O)Nc3ccccc3N2C(=O)Cc2ccc(Cl)cc2)cc1. The maximum absolute atomic E-state index is 14.2. The van der Waals surface area contributed by atoms with Crippen LogP contribution in [0.5, 0.6) is 0 Å². The first-order chi connectivity index (χ1) is 17.6. The summed E-state index contributed by atoms with van der Waals surface area (Å²) in [5, 5.41) is 4.20. The summed E-state index contributed by atoms with van der Waals surface area (Å²) in [6.07, 6.45) is 1.36. The highest BCUT2D eigenvalue weighted by Crippen LogP contribution is 2.48. The van der Waals surface area contributed by atoms with Gasteiger partial charge < -0.3 is 10.2 Å². The van der Waals surface area contributed by atoms with Gasteiger partial charge in [-0.3, -0.25) is 14.5 Å². The van der Waals surface area contributed by atoms with Gasteiger partial charge in [0.15, 0.2) is 5.78 Å². The second-order valence-electron chi connectivity index (χ2n) is 10.9. The van der Waals surface area contributed by atoms with Crippen molar-refractivity contribution in [1.29, 1.82) is 0 Å². The summed E-state index contributed by atoms with van der Waals surface area (Å²) in [5.41, 5.74) is 5.85. The van der Waals surface area contributed by atoms with Gasteiger partial charge in [-0.1, -0.05) is 61.8 Å². The smallest absolute Gasteiger partial charge is 0.232 e. The van der Waals surface area contributed by atoms with Crippen LogP contribution in [0.1, 0.15) is 43.9 Å². The van der Waals surface area contributed by atoms with Crippen LogP contribution in [0.25, 0.3) is 0 Å². The zero-order chi connectivity index (χ0) is 26.3. The summed E-state index contributed by atoms with van der Waals surface area (Å²) in [6.45, 7) is 4.25. The third-order valence-electron chi connectivity index (χ3n) is 7.16. The number of ketones is 1. The zero-order valence-electron chi connectivity index (χ0n) is 21.7. The van der Waals surface area contributed by atoms with E-state index in [1.54, 1.807) is 12.1 Å². The van der Waals surface area contributed by atoms with Crippen molar-refractivity contribution in [3.8, 4) is 0 Å². The van der Waals surface area contributed by atoms with Crippen molar-refractivity contribution in [3.63, 3.8) is 0 Å². The molecular formula is C31H32ClN3O2. The van der Waals surface area contributed by atoms with Crippen molar-refractivity contribution in [2.24, 2.45) is 5.41 Å². The standard InChI is InChI=1S/C31H32ClN3O2/c1-31(2)18-25-29(27(36)19-31)30(21-11-15-23(16-12-21)34(3)4)35(26-8-6-5-7-24(26)33-25)28(37)17-20-9-13-22(32)14-10-20/h5-16,30,33H,17-19H2,1-4H3/t30-/m1/s1. The molecule has 0 fully saturated rings. The van der Waals surface area contributed by atoms with E-state index in [-0.39, 0.29) is 23.5 Å². The number of hydrogen-bond acceptors (Lipinski definition) is 4. The maximum atomic E-state index is 14.2. The van der Waals surface area contributed by atoms with Gasteiger partial charge >= 0.3 is 0 Å². The Morgan fingerprint density at radius 2 is 1.68 bits per heavy atom. The lowest BCUT2D eigenvalue weighted by atomic mass is 9.73. The molecule has 1 aliphatic carbocycles. The highest BCUT2D eigenvalue weighted by Gasteiger charge is 2.43. The molecule has 1 aliphatic heterocycles. The predicted octanol–water partition coefficient (Wildman–Crippen LogP) is 6.79. The van der Waals surface area contributed by atoms with E-state index in [0.29, 0.717) is 17.0 Å². The number of halogens is 1. The first-order valence-corrected chi connectivity index (χ1v) is 13.0. The van der Waals surface area contributed by atoms with E-state index in [4.69, 9.17) is 11.6 Å². The Kier molecular flexibility index (Phi) is 6.59. The number of allylic oxidation sites excluding steroid dienone is 1. The molecule has 0 saturated heterocycles. The number of fused-ring (bicyclic) bond motifs is 1. The van der Waals surface area contributed by atoms with Crippen molar-refractivity contribution in [3.05, 3.63) is 100 Å². The van der Waals surface area contributed by atoms with Gasteiger partial charge in [0.1, 0.15) is 0 Å². The normalized spacial score (nSPS) is 18.5. The lowest BCUT2D eigenvalue weighted by Gasteiger charge is -2.37. The van der Waals surface area contributed by atoms with E-state index < -0.39 is 6.04 Å². The van der Waals surface area contributed by atoms with Crippen LogP contribution in [0.2, 0.25) is 5.02 Å². The fourth-order valence-electron chi connectivity index (χ4n) is 5.39. The van der Waals surface area contributed by atoms with Gasteiger partial charge in [-0.05, 0) is 59.4 Å². The highest BCUT2D eigenvalue weighted by molar-refractivity contribution is 6.30. The number of anilines is 3. The molecule has 5 nitrogen and oxygen atoms in total. The number of nitrogens with zero attached hydrogens (tertiary/aromatic N) is 2. The molecule has 0 unspecified atom stereocenters. The molecule has 0 bridgehead atoms. The van der Waals surface area contributed by atoms with E-state index in [2.05, 4.69) is 19.2 Å². The molecule has 1 amide bonds. The number of para-hydroxylation sites is 2. The van der Waals surface area contributed by atoms with E-state index in [9.17, 15) is 9.59 Å². The molecule has 2 aliphatic rings. The molecule has 37 heavy (non-hydrogen) atoms. The minimum absolute atomic E-state index is 0.0790. The zero-order valence-corrected chi connectivity index (χ0v) is 22.5. The monoisotopic (exact) mass is 513 g/mol. The van der Waals surface area contributed by atoms with Gasteiger partial charge in [-0.2, -0.15) is 0 Å². The van der Waals surface area contributed by atoms with Crippen LogP contribution >= 0.6 is 11.6 Å². The molecule has 190 valence electrons. The molecule has 0 aromatic heterocycles. The van der Waals surface area contributed by atoms with E-state index in [0.717, 1.165) is 40.3 Å². The third kappa shape index (κ3) is 5.01. The van der Waals surface area contributed by atoms with Crippen LogP contribution < -0.4 is 15.1 Å². The predicted molar refractivity (Wildman–Crippen MR) is 151 cm³/mol. The molecule has 1 atom stereocenters. The van der Waals surface area contributed by atoms with Crippen molar-refractivity contribution in [2.75, 3.05) is 29.2 Å². The summed E-state index contributed by atoms with van der Waals surface area (Å²) in [4.78, 5) is 31.8.